The number of hydrogen-bond acceptors (Lipinski definition) is 4. The molecule has 0 atom stereocenters. The van der Waals surface area contributed by atoms with Gasteiger partial charge in [0.25, 0.3) is 10.0 Å². The van der Waals surface area contributed by atoms with Gasteiger partial charge in [0.05, 0.1) is 21.3 Å². The maximum absolute atomic E-state index is 13.6. The zero-order valence-corrected chi connectivity index (χ0v) is 23.7. The van der Waals surface area contributed by atoms with Crippen molar-refractivity contribution in [3.8, 4) is 0 Å². The first-order valence-corrected chi connectivity index (χ1v) is 14.4. The van der Waals surface area contributed by atoms with Gasteiger partial charge in [-0.05, 0) is 86.0 Å². The second-order valence-corrected chi connectivity index (χ2v) is 12.2. The van der Waals surface area contributed by atoms with Crippen LogP contribution >= 0.6 is 27.5 Å². The molecule has 4 rings (SSSR count). The summed E-state index contributed by atoms with van der Waals surface area (Å²) in [6.45, 7) is 4.34. The Bertz CT molecular complexity index is 1420. The number of nitrogens with one attached hydrogen (secondary N) is 1. The van der Waals surface area contributed by atoms with Crippen molar-refractivity contribution in [2.24, 2.45) is 0 Å². The Kier molecular flexibility index (Phi) is 8.26. The van der Waals surface area contributed by atoms with Crippen molar-refractivity contribution >= 4 is 66.4 Å². The molecular weight excluding hydrogens is 578 g/mol. The van der Waals surface area contributed by atoms with Crippen LogP contribution in [-0.2, 0) is 19.6 Å². The molecule has 3 aromatic carbocycles. The van der Waals surface area contributed by atoms with Crippen molar-refractivity contribution in [2.45, 2.75) is 38.0 Å². The number of rotatable bonds is 8. The van der Waals surface area contributed by atoms with Gasteiger partial charge in [0.1, 0.15) is 0 Å². The predicted molar refractivity (Wildman–Crippen MR) is 151 cm³/mol. The summed E-state index contributed by atoms with van der Waals surface area (Å²) < 4.78 is 29.3. The Morgan fingerprint density at radius 3 is 2.35 bits per heavy atom. The lowest BCUT2D eigenvalue weighted by Gasteiger charge is -2.25. The molecule has 0 unspecified atom stereocenters. The third-order valence-electron chi connectivity index (χ3n) is 6.05. The van der Waals surface area contributed by atoms with E-state index in [2.05, 4.69) is 21.2 Å². The molecule has 3 aromatic rings. The van der Waals surface area contributed by atoms with Gasteiger partial charge in [-0.25, -0.2) is 8.42 Å². The smallest absolute Gasteiger partial charge is 0.264 e. The van der Waals surface area contributed by atoms with E-state index in [1.807, 2.05) is 19.9 Å². The molecule has 2 amide bonds. The van der Waals surface area contributed by atoms with Crippen molar-refractivity contribution in [3.05, 3.63) is 81.3 Å². The molecular formula is C27H27BrClN3O4S. The highest BCUT2D eigenvalue weighted by atomic mass is 79.9. The van der Waals surface area contributed by atoms with Crippen LogP contribution in [0.4, 0.5) is 17.1 Å². The Morgan fingerprint density at radius 1 is 1.05 bits per heavy atom. The van der Waals surface area contributed by atoms with E-state index in [9.17, 15) is 18.0 Å². The summed E-state index contributed by atoms with van der Waals surface area (Å²) in [5.41, 5.74) is 3.35. The molecule has 194 valence electrons. The average Bonchev–Trinajstić information content (AvgIpc) is 3.26. The van der Waals surface area contributed by atoms with Crippen molar-refractivity contribution in [3.63, 3.8) is 0 Å². The van der Waals surface area contributed by atoms with Crippen LogP contribution in [-0.4, -0.2) is 33.3 Å². The molecule has 1 fully saturated rings. The Balaban J connectivity index is 1.57. The van der Waals surface area contributed by atoms with Gasteiger partial charge in [-0.1, -0.05) is 33.6 Å². The van der Waals surface area contributed by atoms with E-state index in [-0.39, 0.29) is 23.8 Å². The van der Waals surface area contributed by atoms with Crippen LogP contribution in [0.15, 0.2) is 70.0 Å². The molecule has 7 nitrogen and oxygen atoms in total. The normalized spacial score (nSPS) is 13.6. The van der Waals surface area contributed by atoms with Crippen molar-refractivity contribution in [1.29, 1.82) is 0 Å². The lowest BCUT2D eigenvalue weighted by molar-refractivity contribution is -0.117. The third kappa shape index (κ3) is 6.34. The minimum absolute atomic E-state index is 0.0295. The number of carbonyl (C=O) groups is 2. The van der Waals surface area contributed by atoms with E-state index in [4.69, 9.17) is 11.6 Å². The van der Waals surface area contributed by atoms with Gasteiger partial charge in [-0.3, -0.25) is 13.9 Å². The molecule has 37 heavy (non-hydrogen) atoms. The fraction of sp³-hybridized carbons (Fsp3) is 0.259. The molecule has 1 aliphatic rings. The number of carbonyl (C=O) groups excluding carboxylic acids is 2. The van der Waals surface area contributed by atoms with Crippen LogP contribution in [0.3, 0.4) is 0 Å². The molecule has 1 aliphatic heterocycles. The summed E-state index contributed by atoms with van der Waals surface area (Å²) in [4.78, 5) is 26.9. The maximum Gasteiger partial charge on any atom is 0.264 e. The van der Waals surface area contributed by atoms with E-state index in [0.29, 0.717) is 35.1 Å². The van der Waals surface area contributed by atoms with E-state index in [0.717, 1.165) is 22.0 Å². The summed E-state index contributed by atoms with van der Waals surface area (Å²) in [7, 11) is -3.94. The molecule has 1 N–H and O–H groups in total. The fourth-order valence-electron chi connectivity index (χ4n) is 4.33. The fourth-order valence-corrected chi connectivity index (χ4v) is 6.21. The third-order valence-corrected chi connectivity index (χ3v) is 8.75. The number of halogens is 2. The molecule has 0 radical (unpaired) electrons. The molecule has 0 saturated carbocycles. The average molecular weight is 605 g/mol. The maximum atomic E-state index is 13.6. The van der Waals surface area contributed by atoms with E-state index >= 15 is 0 Å². The number of anilines is 3. The predicted octanol–water partition coefficient (Wildman–Crippen LogP) is 6.07. The summed E-state index contributed by atoms with van der Waals surface area (Å²) >= 11 is 9.65. The number of hydrogen-bond donors (Lipinski definition) is 1. The van der Waals surface area contributed by atoms with Gasteiger partial charge in [-0.15, -0.1) is 0 Å². The zero-order valence-electron chi connectivity index (χ0n) is 20.5. The highest BCUT2D eigenvalue weighted by Gasteiger charge is 2.27. The minimum atomic E-state index is -3.94. The standard InChI is InChI=1S/C27H27BrClN3O4S/c1-18-14-19(2)16-22(15-18)32(37(35,36)23-8-5-20(28)6-9-23)13-11-26(33)30-25-17-21(7-10-24(25)29)31-12-3-4-27(31)34/h5-10,14-17H,3-4,11-13H2,1-2H3,(H,30,33). The Hall–Kier alpha value is -2.88. The number of sulfonamides is 1. The molecule has 0 aromatic heterocycles. The van der Waals surface area contributed by atoms with Gasteiger partial charge in [0, 0.05) is 36.1 Å². The van der Waals surface area contributed by atoms with E-state index < -0.39 is 15.9 Å². The summed E-state index contributed by atoms with van der Waals surface area (Å²) in [6, 6.07) is 17.0. The van der Waals surface area contributed by atoms with Gasteiger partial charge in [-0.2, -0.15) is 0 Å². The first kappa shape index (κ1) is 27.2. The summed E-state index contributed by atoms with van der Waals surface area (Å²) in [6.07, 6.45) is 1.17. The van der Waals surface area contributed by atoms with Gasteiger partial charge in [0.2, 0.25) is 11.8 Å². The first-order chi connectivity index (χ1) is 17.5. The zero-order chi connectivity index (χ0) is 26.7. The SMILES string of the molecule is Cc1cc(C)cc(N(CCC(=O)Nc2cc(N3CCCC3=O)ccc2Cl)S(=O)(=O)c2ccc(Br)cc2)c1. The van der Waals surface area contributed by atoms with Gasteiger partial charge < -0.3 is 10.2 Å². The molecule has 0 spiro atoms. The Morgan fingerprint density at radius 2 is 1.73 bits per heavy atom. The van der Waals surface area contributed by atoms with E-state index in [1.54, 1.807) is 47.4 Å². The highest BCUT2D eigenvalue weighted by molar-refractivity contribution is 9.10. The van der Waals surface area contributed by atoms with Gasteiger partial charge >= 0.3 is 0 Å². The quantitative estimate of drug-likeness (QED) is 0.338. The summed E-state index contributed by atoms with van der Waals surface area (Å²) in [5, 5.41) is 3.11. The molecule has 10 heteroatoms. The van der Waals surface area contributed by atoms with Crippen LogP contribution in [0, 0.1) is 13.8 Å². The van der Waals surface area contributed by atoms with Crippen LogP contribution in [0.5, 0.6) is 0 Å². The van der Waals surface area contributed by atoms with Crippen molar-refractivity contribution < 1.29 is 18.0 Å². The lowest BCUT2D eigenvalue weighted by Crippen LogP contribution is -2.34. The first-order valence-electron chi connectivity index (χ1n) is 11.8. The largest absolute Gasteiger partial charge is 0.325 e. The second-order valence-electron chi connectivity index (χ2n) is 8.99. The minimum Gasteiger partial charge on any atom is -0.325 e. The van der Waals surface area contributed by atoms with E-state index in [1.165, 1.54) is 16.4 Å². The van der Waals surface area contributed by atoms with Crippen LogP contribution in [0.25, 0.3) is 0 Å². The van der Waals surface area contributed by atoms with Crippen LogP contribution in [0.1, 0.15) is 30.4 Å². The summed E-state index contributed by atoms with van der Waals surface area (Å²) in [5.74, 6) is -0.367. The molecule has 1 heterocycles. The van der Waals surface area contributed by atoms with Crippen LogP contribution in [0.2, 0.25) is 5.02 Å². The molecule has 0 bridgehead atoms. The monoisotopic (exact) mass is 603 g/mol. The number of nitrogens with zero attached hydrogens (tertiary/aromatic N) is 2. The van der Waals surface area contributed by atoms with Crippen molar-refractivity contribution in [1.82, 2.24) is 0 Å². The molecule has 0 aliphatic carbocycles. The topological polar surface area (TPSA) is 86.8 Å². The second kappa shape index (κ2) is 11.2. The number of aryl methyl sites for hydroxylation is 2. The van der Waals surface area contributed by atoms with Crippen LogP contribution < -0.4 is 14.5 Å². The molecule has 1 saturated heterocycles. The lowest BCUT2D eigenvalue weighted by atomic mass is 10.1. The highest BCUT2D eigenvalue weighted by Crippen LogP contribution is 2.31. The van der Waals surface area contributed by atoms with Gasteiger partial charge in [0.15, 0.2) is 0 Å². The Labute approximate surface area is 230 Å². The number of amides is 2. The van der Waals surface area contributed by atoms with Crippen molar-refractivity contribution in [2.75, 3.05) is 27.6 Å². The number of benzene rings is 3.